The van der Waals surface area contributed by atoms with Crippen molar-refractivity contribution in [3.8, 4) is 17.1 Å². The molecule has 0 N–H and O–H groups in total. The molecule has 158 valence electrons. The molecule has 0 unspecified atom stereocenters. The minimum Gasteiger partial charge on any atom is -0.494 e. The molecule has 0 bridgehead atoms. The lowest BCUT2D eigenvalue weighted by Gasteiger charge is -2.07. The molecule has 0 aliphatic carbocycles. The van der Waals surface area contributed by atoms with Crippen molar-refractivity contribution in [2.75, 3.05) is 19.8 Å². The highest BCUT2D eigenvalue weighted by atomic mass is 16.5. The molecule has 0 aliphatic rings. The first-order valence-electron chi connectivity index (χ1n) is 9.83. The number of rotatable bonds is 7. The monoisotopic (exact) mass is 412 g/mol. The number of aromatic nitrogens is 6. The summed E-state index contributed by atoms with van der Waals surface area (Å²) in [6.07, 6.45) is 0. The summed E-state index contributed by atoms with van der Waals surface area (Å²) in [5, 5.41) is 8.69. The lowest BCUT2D eigenvalue weighted by molar-refractivity contribution is 0.140. The van der Waals surface area contributed by atoms with Crippen molar-refractivity contribution in [1.29, 1.82) is 0 Å². The molecule has 4 rings (SSSR count). The van der Waals surface area contributed by atoms with Gasteiger partial charge in [-0.05, 0) is 38.1 Å². The van der Waals surface area contributed by atoms with Gasteiger partial charge in [-0.1, -0.05) is 0 Å². The second-order valence-electron chi connectivity index (χ2n) is 6.84. The van der Waals surface area contributed by atoms with Crippen LogP contribution in [0, 0.1) is 0 Å². The van der Waals surface area contributed by atoms with Gasteiger partial charge in [0.05, 0.1) is 13.2 Å². The van der Waals surface area contributed by atoms with Gasteiger partial charge in [0, 0.05) is 32.8 Å². The van der Waals surface area contributed by atoms with Crippen molar-refractivity contribution in [3.05, 3.63) is 45.1 Å². The molecule has 0 atom stereocenters. The van der Waals surface area contributed by atoms with Gasteiger partial charge in [-0.15, -0.1) is 10.2 Å². The molecular weight excluding hydrogens is 388 g/mol. The molecule has 0 radical (unpaired) electrons. The maximum Gasteiger partial charge on any atom is 0.332 e. The van der Waals surface area contributed by atoms with Crippen molar-refractivity contribution in [1.82, 2.24) is 28.3 Å². The number of aryl methyl sites for hydroxylation is 1. The number of hydrogen-bond acceptors (Lipinski definition) is 6. The molecule has 0 fully saturated rings. The van der Waals surface area contributed by atoms with Crippen LogP contribution in [0.4, 0.5) is 0 Å². The third-order valence-electron chi connectivity index (χ3n) is 5.07. The highest BCUT2D eigenvalue weighted by molar-refractivity contribution is 5.79. The van der Waals surface area contributed by atoms with E-state index in [2.05, 4.69) is 10.2 Å². The molecule has 30 heavy (non-hydrogen) atoms. The lowest BCUT2D eigenvalue weighted by atomic mass is 10.2. The highest BCUT2D eigenvalue weighted by Crippen LogP contribution is 2.25. The SMILES string of the molecule is CCOCCn1c2c(=O)n(C)c(=O)n(C)c2n2c(-c3ccc(OCC)cc3)nnc12. The average molecular weight is 412 g/mol. The molecular formula is C20H24N6O4. The van der Waals surface area contributed by atoms with Gasteiger partial charge in [-0.2, -0.15) is 0 Å². The van der Waals surface area contributed by atoms with Crippen LogP contribution in [-0.4, -0.2) is 48.1 Å². The number of hydrogen-bond donors (Lipinski definition) is 0. The van der Waals surface area contributed by atoms with Crippen LogP contribution < -0.4 is 16.0 Å². The maximum atomic E-state index is 13.0. The quantitative estimate of drug-likeness (QED) is 0.423. The summed E-state index contributed by atoms with van der Waals surface area (Å²) in [4.78, 5) is 25.6. The molecule has 0 amide bonds. The maximum absolute atomic E-state index is 13.0. The van der Waals surface area contributed by atoms with Gasteiger partial charge in [0.25, 0.3) is 5.56 Å². The number of fused-ring (bicyclic) bond motifs is 3. The third-order valence-corrected chi connectivity index (χ3v) is 5.07. The van der Waals surface area contributed by atoms with E-state index in [4.69, 9.17) is 9.47 Å². The van der Waals surface area contributed by atoms with E-state index in [1.165, 1.54) is 11.6 Å². The van der Waals surface area contributed by atoms with Crippen LogP contribution >= 0.6 is 0 Å². The fraction of sp³-hybridized carbons (Fsp3) is 0.400. The van der Waals surface area contributed by atoms with Crippen molar-refractivity contribution >= 4 is 16.9 Å². The van der Waals surface area contributed by atoms with E-state index in [0.717, 1.165) is 15.9 Å². The Hall–Kier alpha value is -3.40. The third kappa shape index (κ3) is 3.00. The van der Waals surface area contributed by atoms with E-state index in [9.17, 15) is 9.59 Å². The molecule has 10 heteroatoms. The Bertz CT molecular complexity index is 1330. The van der Waals surface area contributed by atoms with Gasteiger partial charge in [0.15, 0.2) is 17.0 Å². The summed E-state index contributed by atoms with van der Waals surface area (Å²) < 4.78 is 17.1. The van der Waals surface area contributed by atoms with Gasteiger partial charge in [0.2, 0.25) is 5.78 Å². The Kier molecular flexibility index (Phi) is 5.17. The second kappa shape index (κ2) is 7.79. The fourth-order valence-electron chi connectivity index (χ4n) is 3.62. The van der Waals surface area contributed by atoms with Crippen LogP contribution in [-0.2, 0) is 25.4 Å². The lowest BCUT2D eigenvalue weighted by Crippen LogP contribution is -2.38. The standard InChI is InChI=1S/C20H24N6O4/c1-5-29-12-11-25-15-17(23(3)20(28)24(4)18(15)27)26-16(21-22-19(25)26)13-7-9-14(10-8-13)30-6-2/h7-10H,5-6,11-12H2,1-4H3. The van der Waals surface area contributed by atoms with Gasteiger partial charge < -0.3 is 14.0 Å². The fourth-order valence-corrected chi connectivity index (χ4v) is 3.62. The summed E-state index contributed by atoms with van der Waals surface area (Å²) in [6, 6.07) is 7.46. The molecule has 10 nitrogen and oxygen atoms in total. The van der Waals surface area contributed by atoms with E-state index in [0.29, 0.717) is 49.1 Å². The summed E-state index contributed by atoms with van der Waals surface area (Å²) in [6.45, 7) is 5.80. The molecule has 1 aromatic carbocycles. The van der Waals surface area contributed by atoms with Crippen LogP contribution in [0.25, 0.3) is 28.3 Å². The summed E-state index contributed by atoms with van der Waals surface area (Å²) in [7, 11) is 3.11. The topological polar surface area (TPSA) is 97.6 Å². The average Bonchev–Trinajstić information content (AvgIpc) is 3.30. The minimum atomic E-state index is -0.414. The predicted molar refractivity (Wildman–Crippen MR) is 112 cm³/mol. The van der Waals surface area contributed by atoms with Crippen LogP contribution in [0.15, 0.2) is 33.9 Å². The zero-order valence-electron chi connectivity index (χ0n) is 17.5. The zero-order chi connectivity index (χ0) is 21.4. The Morgan fingerprint density at radius 3 is 2.37 bits per heavy atom. The number of imidazole rings is 1. The van der Waals surface area contributed by atoms with Gasteiger partial charge in [-0.3, -0.25) is 13.9 Å². The normalized spacial score (nSPS) is 11.6. The van der Waals surface area contributed by atoms with Crippen LogP contribution in [0.5, 0.6) is 5.75 Å². The molecule has 3 aromatic heterocycles. The van der Waals surface area contributed by atoms with Gasteiger partial charge in [-0.25, -0.2) is 9.20 Å². The summed E-state index contributed by atoms with van der Waals surface area (Å²) in [5.41, 5.74) is 0.832. The Balaban J connectivity index is 2.02. The number of benzene rings is 1. The summed E-state index contributed by atoms with van der Waals surface area (Å²) >= 11 is 0. The molecule has 3 heterocycles. The van der Waals surface area contributed by atoms with E-state index in [-0.39, 0.29) is 5.56 Å². The molecule has 0 spiro atoms. The van der Waals surface area contributed by atoms with Crippen LogP contribution in [0.3, 0.4) is 0 Å². The molecule has 4 aromatic rings. The highest BCUT2D eigenvalue weighted by Gasteiger charge is 2.23. The van der Waals surface area contributed by atoms with E-state index in [1.807, 2.05) is 38.1 Å². The van der Waals surface area contributed by atoms with Crippen LogP contribution in [0.1, 0.15) is 13.8 Å². The summed E-state index contributed by atoms with van der Waals surface area (Å²) in [5.74, 6) is 1.77. The first-order chi connectivity index (χ1) is 14.5. The van der Waals surface area contributed by atoms with Gasteiger partial charge >= 0.3 is 5.69 Å². The second-order valence-corrected chi connectivity index (χ2v) is 6.84. The van der Waals surface area contributed by atoms with E-state index < -0.39 is 5.69 Å². The smallest absolute Gasteiger partial charge is 0.332 e. The van der Waals surface area contributed by atoms with Crippen molar-refractivity contribution in [2.45, 2.75) is 20.4 Å². The number of nitrogens with zero attached hydrogens (tertiary/aromatic N) is 6. The number of ether oxygens (including phenoxy) is 2. The first-order valence-corrected chi connectivity index (χ1v) is 9.83. The largest absolute Gasteiger partial charge is 0.494 e. The minimum absolute atomic E-state index is 0.382. The van der Waals surface area contributed by atoms with Crippen molar-refractivity contribution < 1.29 is 9.47 Å². The van der Waals surface area contributed by atoms with Crippen molar-refractivity contribution in [3.63, 3.8) is 0 Å². The zero-order valence-corrected chi connectivity index (χ0v) is 17.5. The van der Waals surface area contributed by atoms with Gasteiger partial charge in [0.1, 0.15) is 5.75 Å². The Labute approximate surface area is 171 Å². The van der Waals surface area contributed by atoms with Crippen LogP contribution in [0.2, 0.25) is 0 Å². The Morgan fingerprint density at radius 2 is 1.70 bits per heavy atom. The molecule has 0 saturated heterocycles. The van der Waals surface area contributed by atoms with E-state index in [1.54, 1.807) is 16.0 Å². The predicted octanol–water partition coefficient (Wildman–Crippen LogP) is 1.18. The van der Waals surface area contributed by atoms with Crippen molar-refractivity contribution in [2.24, 2.45) is 14.1 Å². The molecule has 0 aliphatic heterocycles. The molecule has 0 saturated carbocycles. The Morgan fingerprint density at radius 1 is 0.967 bits per heavy atom. The van der Waals surface area contributed by atoms with E-state index >= 15 is 0 Å². The first kappa shape index (κ1) is 19.9.